The zero-order valence-corrected chi connectivity index (χ0v) is 29.5. The third-order valence-electron chi connectivity index (χ3n) is 10.6. The third kappa shape index (κ3) is 4.55. The Morgan fingerprint density at radius 3 is 1.36 bits per heavy atom. The van der Waals surface area contributed by atoms with Crippen molar-refractivity contribution in [2.75, 3.05) is 0 Å². The smallest absolute Gasteiger partial charge is 0.0622 e. The molecule has 274 valence electrons. The van der Waals surface area contributed by atoms with Crippen LogP contribution in [0.25, 0.3) is 120 Å². The van der Waals surface area contributed by atoms with Crippen LogP contribution in [0.5, 0.6) is 0 Å². The molecule has 1 aliphatic carbocycles. The van der Waals surface area contributed by atoms with Crippen molar-refractivity contribution in [3.63, 3.8) is 0 Å². The minimum atomic E-state index is -4.11. The Hall–Kier alpha value is -7.28. The first-order chi connectivity index (χ1) is 44.9. The fourth-order valence-corrected chi connectivity index (χ4v) is 8.03. The minimum absolute atomic E-state index is 0.514. The average molecular weight is 785 g/mol. The summed E-state index contributed by atoms with van der Waals surface area (Å²) in [6.45, 7) is -8.22. The molecule has 0 amide bonds. The molecule has 0 aliphatic heterocycles. The minimum Gasteiger partial charge on any atom is -0.0622 e. The first-order valence-corrected chi connectivity index (χ1v) is 17.8. The van der Waals surface area contributed by atoms with Gasteiger partial charge >= 0.3 is 0 Å². The molecule has 0 unspecified atom stereocenters. The monoisotopic (exact) mass is 785 g/mol. The second-order valence-corrected chi connectivity index (χ2v) is 13.8. The van der Waals surface area contributed by atoms with Gasteiger partial charge in [-0.2, -0.15) is 0 Å². The molecule has 12 aromatic carbocycles. The van der Waals surface area contributed by atoms with Crippen molar-refractivity contribution in [2.24, 2.45) is 0 Å². The van der Waals surface area contributed by atoms with Crippen molar-refractivity contribution in [1.29, 1.82) is 0 Å². The van der Waals surface area contributed by atoms with Crippen molar-refractivity contribution in [2.45, 2.75) is 19.1 Å². The van der Waals surface area contributed by atoms with E-state index in [1.807, 2.05) is 0 Å². The van der Waals surface area contributed by atoms with Gasteiger partial charge in [0.05, 0.1) is 43.9 Å². The molecule has 0 bridgehead atoms. The van der Waals surface area contributed by atoms with E-state index in [1.165, 1.54) is 0 Å². The largest absolute Gasteiger partial charge is 0.0636 e. The molecular weight excluding hydrogens is 709 g/mol. The molecule has 0 radical (unpaired) electrons. The second-order valence-electron chi connectivity index (χ2n) is 13.8. The average Bonchev–Trinajstić information content (AvgIpc) is 1.62. The van der Waals surface area contributed by atoms with E-state index in [4.69, 9.17) is 27.4 Å². The molecule has 0 saturated heterocycles. The topological polar surface area (TPSA) is 0 Å². The molecule has 1 aliphatic rings. The summed E-state index contributed by atoms with van der Waals surface area (Å²) in [5.41, 5.74) is -18.3. The van der Waals surface area contributed by atoms with Gasteiger partial charge in [0.15, 0.2) is 0 Å². The van der Waals surface area contributed by atoms with Gasteiger partial charge in [0.2, 0.25) is 0 Å². The number of rotatable bonds is 4. The maximum Gasteiger partial charge on any atom is 0.0636 e. The molecule has 0 saturated carbocycles. The predicted molar refractivity (Wildman–Crippen MR) is 253 cm³/mol. The van der Waals surface area contributed by atoms with Crippen LogP contribution in [0.3, 0.4) is 0 Å². The molecule has 0 fully saturated rings. The van der Waals surface area contributed by atoms with Crippen LogP contribution in [0.1, 0.15) is 76.9 Å². The van der Waals surface area contributed by atoms with Gasteiger partial charge in [0, 0.05) is 13.6 Å². The normalized spacial score (nSPS) is 22.9. The van der Waals surface area contributed by atoms with E-state index in [9.17, 15) is 24.7 Å². The summed E-state index contributed by atoms with van der Waals surface area (Å²) < 4.78 is 358. The summed E-state index contributed by atoms with van der Waals surface area (Å²) in [7, 11) is 0. The van der Waals surface area contributed by atoms with E-state index in [0.29, 0.717) is 0 Å². The first-order valence-electron chi connectivity index (χ1n) is 36.8. The highest BCUT2D eigenvalue weighted by atomic mass is 14.4. The number of hydrogen-bond acceptors (Lipinski definition) is 0. The Bertz CT molecular complexity index is 5710. The predicted octanol–water partition coefficient (Wildman–Crippen LogP) is 16.5. The van der Waals surface area contributed by atoms with Gasteiger partial charge in [-0.3, -0.25) is 0 Å². The van der Waals surface area contributed by atoms with Crippen LogP contribution in [0.15, 0.2) is 193 Å². The Labute approximate surface area is 396 Å². The highest BCUT2D eigenvalue weighted by molar-refractivity contribution is 6.27. The zero-order chi connectivity index (χ0) is 71.8. The fourth-order valence-electron chi connectivity index (χ4n) is 8.03. The molecular formula is C59H38. The summed E-state index contributed by atoms with van der Waals surface area (Å²) in [4.78, 5) is 0. The maximum absolute atomic E-state index is 11.0. The van der Waals surface area contributed by atoms with E-state index in [0.717, 1.165) is 0 Å². The van der Waals surface area contributed by atoms with Crippen LogP contribution in [0.2, 0.25) is 0 Å². The standard InChI is InChI=1S/C59H38/c1-59(2)53-17-7-6-16-45(53)46-29-26-42(32-54(46)59)50-33-49(35-10-4-3-5-11-35)51(43-27-22-40-20-18-36-12-8-14-38-24-30-47(43)57(40)55(36)38)34-52(50)44-28-23-41-21-19-37-13-9-15-39-25-31-48(44)58(41)56(37)39/h3-34H,1-2H3/i1D3,2D3,3D,4D,5D,6D,7D,8D,9D,10D,11D,12D,13D,14D,15D,16D,17D,18D,19D,20D,21D,22D,23D,24D,25D,26D,27D,28D,29D,30D,31D,32D,33D,34D. The zero-order valence-electron chi connectivity index (χ0n) is 67.5. The Morgan fingerprint density at radius 1 is 0.305 bits per heavy atom. The fraction of sp³-hybridized carbons (Fsp3) is 0.0508. The van der Waals surface area contributed by atoms with E-state index in [2.05, 4.69) is 0 Å². The van der Waals surface area contributed by atoms with Gasteiger partial charge < -0.3 is 0 Å². The van der Waals surface area contributed by atoms with Crippen molar-refractivity contribution < 1.29 is 52.1 Å². The molecule has 0 heteroatoms. The second kappa shape index (κ2) is 11.9. The van der Waals surface area contributed by atoms with E-state index in [1.54, 1.807) is 0 Å². The first kappa shape index (κ1) is 12.9. The van der Waals surface area contributed by atoms with Crippen molar-refractivity contribution >= 4 is 64.6 Å². The van der Waals surface area contributed by atoms with Gasteiger partial charge in [0.1, 0.15) is 0 Å². The summed E-state index contributed by atoms with van der Waals surface area (Å²) in [5, 5.41) is -7.97. The highest BCUT2D eigenvalue weighted by Gasteiger charge is 2.35. The summed E-state index contributed by atoms with van der Waals surface area (Å²) in [6, 6.07) is -36.4. The van der Waals surface area contributed by atoms with E-state index < -0.39 is 344 Å². The van der Waals surface area contributed by atoms with Crippen molar-refractivity contribution in [3.8, 4) is 55.6 Å². The van der Waals surface area contributed by atoms with E-state index >= 15 is 0 Å². The summed E-state index contributed by atoms with van der Waals surface area (Å²) in [6.07, 6.45) is 0. The van der Waals surface area contributed by atoms with Crippen LogP contribution in [0, 0.1) is 0 Å². The van der Waals surface area contributed by atoms with Crippen LogP contribution in [-0.4, -0.2) is 0 Å². The lowest BCUT2D eigenvalue weighted by Gasteiger charge is -2.24. The van der Waals surface area contributed by atoms with Crippen LogP contribution < -0.4 is 0 Å². The maximum atomic E-state index is 11.0. The van der Waals surface area contributed by atoms with Gasteiger partial charge in [-0.15, -0.1) is 0 Å². The van der Waals surface area contributed by atoms with Crippen molar-refractivity contribution in [3.05, 3.63) is 204 Å². The van der Waals surface area contributed by atoms with E-state index in [-0.39, 0.29) is 0 Å². The molecule has 0 heterocycles. The van der Waals surface area contributed by atoms with Crippen LogP contribution >= 0.6 is 0 Å². The third-order valence-corrected chi connectivity index (χ3v) is 10.6. The Balaban J connectivity index is 1.42. The molecule has 0 atom stereocenters. The van der Waals surface area contributed by atoms with Crippen molar-refractivity contribution in [1.82, 2.24) is 0 Å². The van der Waals surface area contributed by atoms with Gasteiger partial charge in [-0.1, -0.05) is 189 Å². The van der Waals surface area contributed by atoms with Gasteiger partial charge in [-0.25, -0.2) is 0 Å². The Morgan fingerprint density at radius 2 is 0.763 bits per heavy atom. The highest BCUT2D eigenvalue weighted by Crippen LogP contribution is 2.52. The summed E-state index contributed by atoms with van der Waals surface area (Å²) >= 11 is 0. The SMILES string of the molecule is [2H]c1c([2H])c([2H])c(-c2c([2H])c(-c3c([2H])c([2H])c4c(c3[2H])C(C([2H])([2H])[2H])(C([2H])([2H])[2H])c3c([2H])c([2H])c([2H])c([2H])c3-4)c(-c3c([2H])c([2H])c4c([2H])c([2H])c5c([2H])c([2H])c([2H])c6c([2H])c([2H])c3c4c56)c([2H])c2-c2c([2H])c([2H])c3c([2H])c([2H])c4c([2H])c([2H])c([2H])c5c([2H])c([2H])c2c3c45)c([2H])c1[2H]. The van der Waals surface area contributed by atoms with Crippen LogP contribution in [0.4, 0.5) is 0 Å². The lowest BCUT2D eigenvalue weighted by molar-refractivity contribution is 0.660. The molecule has 0 nitrogen and oxygen atoms in total. The molecule has 59 heavy (non-hydrogen) atoms. The molecule has 0 N–H and O–H groups in total. The van der Waals surface area contributed by atoms with Gasteiger partial charge in [0.25, 0.3) is 0 Å². The summed E-state index contributed by atoms with van der Waals surface area (Å²) in [5.74, 6) is 0. The number of hydrogen-bond donors (Lipinski definition) is 0. The molecule has 13 rings (SSSR count). The number of fused-ring (bicyclic) bond motifs is 3. The number of benzene rings is 12. The van der Waals surface area contributed by atoms with Crippen LogP contribution in [-0.2, 0) is 5.41 Å². The van der Waals surface area contributed by atoms with Gasteiger partial charge in [-0.05, 0) is 150 Å². The molecule has 0 aromatic heterocycles. The molecule has 12 aromatic rings. The lowest BCUT2D eigenvalue weighted by atomic mass is 9.79. The Kier molecular flexibility index (Phi) is 2.59. The quantitative estimate of drug-likeness (QED) is 0.156. The lowest BCUT2D eigenvalue weighted by Crippen LogP contribution is -2.14. The molecule has 0 spiro atoms.